The molecule has 0 aliphatic carbocycles. The second kappa shape index (κ2) is 12.1. The first kappa shape index (κ1) is 30.0. The summed E-state index contributed by atoms with van der Waals surface area (Å²) in [5.74, 6) is -1.74. The third-order valence-corrected chi connectivity index (χ3v) is 6.77. The Labute approximate surface area is 224 Å². The quantitative estimate of drug-likeness (QED) is 0.443. The standard InChI is InChI=1S/C25H33ClF3N3O6/c1-5-36-23-15(12-18(33)37-23)31-21(34)16-9-7-11-32(16)22(35)20(24(2,3)4)30-13-14-8-6-10-17(19(14)26)38-25(27,28)29/h6,8,10,15-16,20,23,30H,5,7,9,11-13H2,1-4H3,(H,31,34)/t15-,16-,20+,23+/m0/s1. The van der Waals surface area contributed by atoms with E-state index in [4.69, 9.17) is 21.1 Å². The molecule has 0 spiro atoms. The van der Waals surface area contributed by atoms with Crippen molar-refractivity contribution in [1.29, 1.82) is 0 Å². The summed E-state index contributed by atoms with van der Waals surface area (Å²) in [4.78, 5) is 40.1. The number of halogens is 4. The number of amides is 2. The number of nitrogens with one attached hydrogen (secondary N) is 2. The summed E-state index contributed by atoms with van der Waals surface area (Å²) < 4.78 is 52.6. The van der Waals surface area contributed by atoms with Gasteiger partial charge in [0, 0.05) is 19.7 Å². The number of esters is 1. The smallest absolute Gasteiger partial charge is 0.433 e. The van der Waals surface area contributed by atoms with Crippen LogP contribution in [-0.2, 0) is 30.4 Å². The van der Waals surface area contributed by atoms with Gasteiger partial charge in [-0.05, 0) is 36.8 Å². The van der Waals surface area contributed by atoms with E-state index in [1.54, 1.807) is 6.92 Å². The van der Waals surface area contributed by atoms with Gasteiger partial charge in [-0.1, -0.05) is 44.5 Å². The first-order valence-corrected chi connectivity index (χ1v) is 12.8. The van der Waals surface area contributed by atoms with Crippen molar-refractivity contribution in [3.05, 3.63) is 28.8 Å². The molecule has 1 aromatic carbocycles. The minimum atomic E-state index is -4.90. The molecule has 2 aliphatic heterocycles. The fourth-order valence-corrected chi connectivity index (χ4v) is 4.82. The Bertz CT molecular complexity index is 1030. The minimum absolute atomic E-state index is 0.0101. The molecule has 0 bridgehead atoms. The summed E-state index contributed by atoms with van der Waals surface area (Å²) in [6.07, 6.45) is -4.75. The number of hydrogen-bond donors (Lipinski definition) is 2. The molecule has 4 atom stereocenters. The van der Waals surface area contributed by atoms with Gasteiger partial charge in [0.2, 0.25) is 18.1 Å². The second-order valence-corrected chi connectivity index (χ2v) is 10.7. The molecule has 2 heterocycles. The number of alkyl halides is 3. The van der Waals surface area contributed by atoms with E-state index in [0.717, 1.165) is 6.07 Å². The molecule has 0 saturated carbocycles. The number of benzene rings is 1. The number of cyclic esters (lactones) is 1. The monoisotopic (exact) mass is 563 g/mol. The zero-order chi connectivity index (χ0) is 28.3. The fraction of sp³-hybridized carbons (Fsp3) is 0.640. The van der Waals surface area contributed by atoms with Crippen LogP contribution in [0.3, 0.4) is 0 Å². The maximum atomic E-state index is 13.7. The highest BCUT2D eigenvalue weighted by Crippen LogP contribution is 2.33. The Morgan fingerprint density at radius 1 is 1.26 bits per heavy atom. The molecule has 13 heteroatoms. The first-order valence-electron chi connectivity index (χ1n) is 12.4. The number of ether oxygens (including phenoxy) is 3. The molecule has 2 saturated heterocycles. The molecule has 38 heavy (non-hydrogen) atoms. The highest BCUT2D eigenvalue weighted by Gasteiger charge is 2.43. The molecular formula is C25H33ClF3N3O6. The summed E-state index contributed by atoms with van der Waals surface area (Å²) in [5.41, 5.74) is -0.294. The van der Waals surface area contributed by atoms with Crippen LogP contribution < -0.4 is 15.4 Å². The van der Waals surface area contributed by atoms with E-state index in [9.17, 15) is 27.6 Å². The number of hydrogen-bond acceptors (Lipinski definition) is 7. The molecule has 0 unspecified atom stereocenters. The summed E-state index contributed by atoms with van der Waals surface area (Å²) in [6, 6.07) is 1.83. The van der Waals surface area contributed by atoms with Crippen molar-refractivity contribution in [2.75, 3.05) is 13.2 Å². The number of likely N-dealkylation sites (tertiary alicyclic amines) is 1. The molecule has 212 valence electrons. The topological polar surface area (TPSA) is 106 Å². The summed E-state index contributed by atoms with van der Waals surface area (Å²) in [6.45, 7) is 7.91. The van der Waals surface area contributed by atoms with E-state index in [1.165, 1.54) is 17.0 Å². The van der Waals surface area contributed by atoms with Gasteiger partial charge >= 0.3 is 12.3 Å². The molecule has 2 fully saturated rings. The molecule has 2 N–H and O–H groups in total. The van der Waals surface area contributed by atoms with E-state index in [2.05, 4.69) is 15.4 Å². The SMILES string of the molecule is CCO[C@@H]1OC(=O)C[C@@H]1NC(=O)[C@@H]1CCCN1C(=O)[C@@H](NCc1cccc(OC(F)(F)F)c1Cl)C(C)(C)C. The largest absolute Gasteiger partial charge is 0.573 e. The Kier molecular flexibility index (Phi) is 9.53. The number of nitrogens with zero attached hydrogens (tertiary/aromatic N) is 1. The van der Waals surface area contributed by atoms with Crippen molar-refractivity contribution in [3.8, 4) is 5.75 Å². The van der Waals surface area contributed by atoms with Crippen LogP contribution in [-0.4, -0.2) is 66.6 Å². The van der Waals surface area contributed by atoms with Crippen LogP contribution in [0.5, 0.6) is 5.75 Å². The molecule has 2 aliphatic rings. The van der Waals surface area contributed by atoms with Gasteiger partial charge in [0.25, 0.3) is 0 Å². The third-order valence-electron chi connectivity index (χ3n) is 6.34. The Morgan fingerprint density at radius 2 is 1.97 bits per heavy atom. The van der Waals surface area contributed by atoms with E-state index in [0.29, 0.717) is 31.6 Å². The van der Waals surface area contributed by atoms with Crippen molar-refractivity contribution in [2.24, 2.45) is 5.41 Å². The van der Waals surface area contributed by atoms with Crippen LogP contribution in [0, 0.1) is 5.41 Å². The van der Waals surface area contributed by atoms with Crippen molar-refractivity contribution in [3.63, 3.8) is 0 Å². The highest BCUT2D eigenvalue weighted by atomic mass is 35.5. The van der Waals surface area contributed by atoms with Crippen molar-refractivity contribution in [2.45, 2.75) is 84.3 Å². The zero-order valence-corrected chi connectivity index (χ0v) is 22.4. The highest BCUT2D eigenvalue weighted by molar-refractivity contribution is 6.32. The molecular weight excluding hydrogens is 531 g/mol. The van der Waals surface area contributed by atoms with E-state index < -0.39 is 53.8 Å². The number of carbonyl (C=O) groups is 3. The van der Waals surface area contributed by atoms with Gasteiger partial charge < -0.3 is 29.7 Å². The van der Waals surface area contributed by atoms with Gasteiger partial charge in [-0.2, -0.15) is 0 Å². The molecule has 9 nitrogen and oxygen atoms in total. The van der Waals surface area contributed by atoms with Crippen LogP contribution in [0.25, 0.3) is 0 Å². The van der Waals surface area contributed by atoms with Crippen LogP contribution in [0.15, 0.2) is 18.2 Å². The van der Waals surface area contributed by atoms with Crippen molar-refractivity contribution >= 4 is 29.4 Å². The lowest BCUT2D eigenvalue weighted by Crippen LogP contribution is -2.57. The van der Waals surface area contributed by atoms with Gasteiger partial charge in [-0.3, -0.25) is 14.4 Å². The lowest BCUT2D eigenvalue weighted by Gasteiger charge is -2.36. The molecule has 2 amide bonds. The number of rotatable bonds is 9. The van der Waals surface area contributed by atoms with Crippen molar-refractivity contribution in [1.82, 2.24) is 15.5 Å². The van der Waals surface area contributed by atoms with Crippen LogP contribution in [0.4, 0.5) is 13.2 Å². The predicted molar refractivity (Wildman–Crippen MR) is 131 cm³/mol. The van der Waals surface area contributed by atoms with E-state index in [-0.39, 0.29) is 23.9 Å². The second-order valence-electron chi connectivity index (χ2n) is 10.3. The zero-order valence-electron chi connectivity index (χ0n) is 21.7. The van der Waals surface area contributed by atoms with Gasteiger partial charge in [-0.15, -0.1) is 13.2 Å². The maximum absolute atomic E-state index is 13.7. The first-order chi connectivity index (χ1) is 17.7. The van der Waals surface area contributed by atoms with Gasteiger partial charge in [0.05, 0.1) is 17.5 Å². The summed E-state index contributed by atoms with van der Waals surface area (Å²) in [5, 5.41) is 5.69. The van der Waals surface area contributed by atoms with Crippen LogP contribution in [0.2, 0.25) is 5.02 Å². The summed E-state index contributed by atoms with van der Waals surface area (Å²) >= 11 is 6.15. The number of carbonyl (C=O) groups excluding carboxylic acids is 3. The Balaban J connectivity index is 1.72. The van der Waals surface area contributed by atoms with Crippen LogP contribution >= 0.6 is 11.6 Å². The maximum Gasteiger partial charge on any atom is 0.573 e. The molecule has 3 rings (SSSR count). The summed E-state index contributed by atoms with van der Waals surface area (Å²) in [7, 11) is 0. The predicted octanol–water partition coefficient (Wildman–Crippen LogP) is 3.53. The van der Waals surface area contributed by atoms with E-state index >= 15 is 0 Å². The molecule has 0 aromatic heterocycles. The van der Waals surface area contributed by atoms with E-state index in [1.807, 2.05) is 20.8 Å². The fourth-order valence-electron chi connectivity index (χ4n) is 4.59. The molecule has 1 aromatic rings. The Morgan fingerprint density at radius 3 is 2.61 bits per heavy atom. The van der Waals surface area contributed by atoms with Gasteiger partial charge in [0.15, 0.2) is 0 Å². The third kappa shape index (κ3) is 7.51. The average Bonchev–Trinajstić information content (AvgIpc) is 3.41. The lowest BCUT2D eigenvalue weighted by molar-refractivity contribution is -0.274. The van der Waals surface area contributed by atoms with Gasteiger partial charge in [0.1, 0.15) is 17.8 Å². The Hall–Kier alpha value is -2.57. The minimum Gasteiger partial charge on any atom is -0.433 e. The normalized spacial score (nSPS) is 22.8. The molecule has 0 radical (unpaired) electrons. The average molecular weight is 564 g/mol. The van der Waals surface area contributed by atoms with Gasteiger partial charge in [-0.25, -0.2) is 0 Å². The van der Waals surface area contributed by atoms with Crippen molar-refractivity contribution < 1.29 is 41.8 Å². The lowest BCUT2D eigenvalue weighted by atomic mass is 9.85. The van der Waals surface area contributed by atoms with Crippen LogP contribution in [0.1, 0.15) is 52.5 Å².